The van der Waals surface area contributed by atoms with E-state index in [2.05, 4.69) is 130 Å². The Morgan fingerprint density at radius 2 is 0.933 bits per heavy atom. The van der Waals surface area contributed by atoms with E-state index < -0.39 is 0 Å². The molecule has 2 aromatic carbocycles. The normalized spacial score (nSPS) is 9.67. The predicted molar refractivity (Wildman–Crippen MR) is 122 cm³/mol. The number of nitrogens with zero attached hydrogens (tertiary/aromatic N) is 3. The minimum absolute atomic E-state index is 0.896. The molecule has 0 aliphatic rings. The van der Waals surface area contributed by atoms with Crippen molar-refractivity contribution in [1.82, 2.24) is 0 Å². The third kappa shape index (κ3) is 6.39. The van der Waals surface area contributed by atoms with Gasteiger partial charge in [-0.2, -0.15) is 0 Å². The van der Waals surface area contributed by atoms with Crippen LogP contribution in [-0.4, -0.2) is 7.05 Å². The number of aromatic nitrogens is 2. The van der Waals surface area contributed by atoms with Crippen molar-refractivity contribution < 1.29 is 9.13 Å². The van der Waals surface area contributed by atoms with Crippen LogP contribution in [0.25, 0.3) is 16.0 Å². The second kappa shape index (κ2) is 11.3. The fourth-order valence-corrected chi connectivity index (χ4v) is 3.10. The number of benzene rings is 2. The van der Waals surface area contributed by atoms with Gasteiger partial charge in [-0.05, 0) is 11.1 Å². The first-order chi connectivity index (χ1) is 14.8. The number of hydrogen-bond donors (Lipinski definition) is 0. The van der Waals surface area contributed by atoms with E-state index in [-0.39, 0.29) is 0 Å². The molecule has 3 nitrogen and oxygen atoms in total. The lowest BCUT2D eigenvalue weighted by molar-refractivity contribution is -0.688. The third-order valence-electron chi connectivity index (χ3n) is 4.76. The highest BCUT2D eigenvalue weighted by Gasteiger charge is 2.07. The van der Waals surface area contributed by atoms with Gasteiger partial charge in [0.25, 0.3) is 13.1 Å². The van der Waals surface area contributed by atoms with Crippen LogP contribution in [-0.2, 0) is 13.1 Å². The second-order valence-electron chi connectivity index (χ2n) is 6.94. The number of rotatable bonds is 5. The van der Waals surface area contributed by atoms with E-state index in [1.165, 1.54) is 22.3 Å². The molecule has 3 heteroatoms. The lowest BCUT2D eigenvalue weighted by atomic mass is 10.1. The lowest BCUT2D eigenvalue weighted by Crippen LogP contribution is -2.33. The molecule has 0 aliphatic heterocycles. The molecule has 0 radical (unpaired) electrons. The molecule has 0 spiro atoms. The zero-order valence-electron chi connectivity index (χ0n) is 17.6. The van der Waals surface area contributed by atoms with E-state index in [9.17, 15) is 0 Å². The average molecular weight is 395 g/mol. The molecule has 4 aromatic rings. The van der Waals surface area contributed by atoms with Crippen LogP contribution in [0.4, 0.5) is 0 Å². The largest absolute Gasteiger partial charge is 0.269 e. The van der Waals surface area contributed by atoms with Crippen LogP contribution in [0, 0.1) is 6.07 Å². The van der Waals surface area contributed by atoms with Gasteiger partial charge in [0.2, 0.25) is 0 Å². The number of pyridine rings is 2. The van der Waals surface area contributed by atoms with Gasteiger partial charge in [0.05, 0.1) is 6.92 Å². The average Bonchev–Trinajstić information content (AvgIpc) is 2.82. The molecule has 0 aliphatic carbocycles. The summed E-state index contributed by atoms with van der Waals surface area (Å²) in [6.45, 7) is 3.56. The molecule has 0 atom stereocenters. The molecule has 0 amide bonds. The quantitative estimate of drug-likeness (QED) is 0.423. The topological polar surface area (TPSA) is 12.1 Å². The van der Waals surface area contributed by atoms with E-state index in [0.29, 0.717) is 0 Å². The molecule has 0 unspecified atom stereocenters. The summed E-state index contributed by atoms with van der Waals surface area (Å²) in [5, 5.41) is 0. The van der Waals surface area contributed by atoms with E-state index >= 15 is 0 Å². The Morgan fingerprint density at radius 3 is 1.23 bits per heavy atom. The van der Waals surface area contributed by atoms with Crippen molar-refractivity contribution in [1.29, 1.82) is 0 Å². The predicted octanol–water partition coefficient (Wildman–Crippen LogP) is 4.99. The van der Waals surface area contributed by atoms with Crippen molar-refractivity contribution in [2.45, 2.75) is 20.0 Å². The summed E-state index contributed by atoms with van der Waals surface area (Å²) in [6, 6.07) is 32.3. The Bertz CT molecular complexity index is 987. The molecule has 148 valence electrons. The first-order valence-electron chi connectivity index (χ1n) is 10.1. The summed E-state index contributed by atoms with van der Waals surface area (Å²) in [5.41, 5.74) is 5.10. The zero-order chi connectivity index (χ0) is 21.0. The first-order valence-corrected chi connectivity index (χ1v) is 10.1. The Morgan fingerprint density at radius 1 is 0.600 bits per heavy atom. The summed E-state index contributed by atoms with van der Waals surface area (Å²) in [4.78, 5) is 3.49. The Kier molecular flexibility index (Phi) is 7.88. The molecular weight excluding hydrogens is 366 g/mol. The van der Waals surface area contributed by atoms with Crippen LogP contribution in [0.15, 0.2) is 110 Å². The Labute approximate surface area is 179 Å². The van der Waals surface area contributed by atoms with Crippen LogP contribution < -0.4 is 9.13 Å². The number of hydrogen-bond acceptors (Lipinski definition) is 0. The second-order valence-corrected chi connectivity index (χ2v) is 6.94. The van der Waals surface area contributed by atoms with E-state index in [1.54, 1.807) is 14.0 Å². The molecule has 0 N–H and O–H groups in total. The minimum atomic E-state index is 0.896. The summed E-state index contributed by atoms with van der Waals surface area (Å²) >= 11 is 0. The maximum Gasteiger partial charge on any atom is 0.269 e. The smallest absolute Gasteiger partial charge is 0.201 e. The van der Waals surface area contributed by atoms with Gasteiger partial charge in [0.1, 0.15) is 0 Å². The summed E-state index contributed by atoms with van der Waals surface area (Å²) in [5.74, 6) is 0. The molecular formula is C27H28N3+3. The van der Waals surface area contributed by atoms with Crippen LogP contribution in [0.5, 0.6) is 0 Å². The SMILES string of the molecule is CC#[N+]C.c1ccc(C[n+]2ccc(-c3cc[n+](Cc4ccccc4)cc3)cc2)cc1. The van der Waals surface area contributed by atoms with Crippen molar-refractivity contribution in [3.8, 4) is 17.2 Å². The van der Waals surface area contributed by atoms with Gasteiger partial charge in [0, 0.05) is 35.4 Å². The van der Waals surface area contributed by atoms with Crippen LogP contribution in [0.1, 0.15) is 18.1 Å². The van der Waals surface area contributed by atoms with Crippen molar-refractivity contribution in [3.63, 3.8) is 0 Å². The molecule has 30 heavy (non-hydrogen) atoms. The zero-order valence-corrected chi connectivity index (χ0v) is 17.6. The van der Waals surface area contributed by atoms with Gasteiger partial charge in [-0.15, -0.1) is 0 Å². The van der Waals surface area contributed by atoms with E-state index in [0.717, 1.165) is 13.1 Å². The standard InChI is InChI=1S/C24H22N2.C3H6N/c1-3-7-21(8-4-1)19-25-15-11-23(12-16-25)24-13-17-26(18-14-24)20-22-9-5-2-6-10-22;1-3-4-2/h1-18H,19-20H2;1-2H3/q+2;+1. The highest BCUT2D eigenvalue weighted by atomic mass is 14.9. The molecule has 2 heterocycles. The van der Waals surface area contributed by atoms with Gasteiger partial charge in [-0.1, -0.05) is 65.5 Å². The Balaban J connectivity index is 0.000000589. The van der Waals surface area contributed by atoms with Gasteiger partial charge in [-0.25, -0.2) is 9.13 Å². The molecule has 2 aromatic heterocycles. The summed E-state index contributed by atoms with van der Waals surface area (Å²) < 4.78 is 4.41. The highest BCUT2D eigenvalue weighted by Crippen LogP contribution is 2.15. The van der Waals surface area contributed by atoms with Gasteiger partial charge >= 0.3 is 0 Å². The summed E-state index contributed by atoms with van der Waals surface area (Å²) in [7, 11) is 1.69. The third-order valence-corrected chi connectivity index (χ3v) is 4.76. The molecule has 4 rings (SSSR count). The highest BCUT2D eigenvalue weighted by molar-refractivity contribution is 5.60. The van der Waals surface area contributed by atoms with E-state index in [1.807, 2.05) is 0 Å². The monoisotopic (exact) mass is 394 g/mol. The fraction of sp³-hybridized carbons (Fsp3) is 0.148. The van der Waals surface area contributed by atoms with Crippen molar-refractivity contribution in [3.05, 3.63) is 126 Å². The fourth-order valence-electron chi connectivity index (χ4n) is 3.10. The van der Waals surface area contributed by atoms with Crippen LogP contribution in [0.3, 0.4) is 0 Å². The van der Waals surface area contributed by atoms with Gasteiger partial charge in [-0.3, -0.25) is 0 Å². The molecule has 0 saturated heterocycles. The lowest BCUT2D eigenvalue weighted by Gasteiger charge is -2.02. The van der Waals surface area contributed by atoms with Gasteiger partial charge < -0.3 is 0 Å². The minimum Gasteiger partial charge on any atom is -0.201 e. The van der Waals surface area contributed by atoms with Crippen LogP contribution >= 0.6 is 0 Å². The van der Waals surface area contributed by atoms with Crippen molar-refractivity contribution >= 4 is 0 Å². The molecule has 0 bridgehead atoms. The maximum absolute atomic E-state index is 3.49. The molecule has 0 saturated carbocycles. The Hall–Kier alpha value is -3.77. The van der Waals surface area contributed by atoms with Gasteiger partial charge in [0.15, 0.2) is 37.9 Å². The maximum atomic E-state index is 3.49. The van der Waals surface area contributed by atoms with Crippen molar-refractivity contribution in [2.24, 2.45) is 0 Å². The van der Waals surface area contributed by atoms with E-state index in [4.69, 9.17) is 0 Å². The first kappa shape index (κ1) is 21.0. The molecule has 0 fully saturated rings. The van der Waals surface area contributed by atoms with Crippen LogP contribution in [0.2, 0.25) is 0 Å². The summed E-state index contributed by atoms with van der Waals surface area (Å²) in [6.07, 6.45) is 8.58. The van der Waals surface area contributed by atoms with Crippen molar-refractivity contribution in [2.75, 3.05) is 7.05 Å².